The first kappa shape index (κ1) is 16.3. The van der Waals surface area contributed by atoms with Crippen molar-refractivity contribution in [1.29, 1.82) is 0 Å². The van der Waals surface area contributed by atoms with Gasteiger partial charge in [-0.2, -0.15) is 0 Å². The molecule has 0 saturated heterocycles. The second-order valence-corrected chi connectivity index (χ2v) is 5.62. The van der Waals surface area contributed by atoms with Gasteiger partial charge >= 0.3 is 0 Å². The summed E-state index contributed by atoms with van der Waals surface area (Å²) in [5.41, 5.74) is 1.75. The predicted octanol–water partition coefficient (Wildman–Crippen LogP) is 2.37. The molecule has 1 aromatic rings. The van der Waals surface area contributed by atoms with E-state index in [-0.39, 0.29) is 25.0 Å². The SMILES string of the molecule is CCCN(CCC)C(=O)CN1C(=O)COc2cc(C)ccc21. The molecule has 0 aromatic heterocycles. The van der Waals surface area contributed by atoms with E-state index >= 15 is 0 Å². The van der Waals surface area contributed by atoms with Crippen molar-refractivity contribution in [2.75, 3.05) is 31.1 Å². The van der Waals surface area contributed by atoms with Crippen LogP contribution in [0.5, 0.6) is 5.75 Å². The molecule has 0 fully saturated rings. The zero-order valence-electron chi connectivity index (χ0n) is 13.6. The van der Waals surface area contributed by atoms with Crippen molar-refractivity contribution in [3.8, 4) is 5.75 Å². The number of anilines is 1. The maximum absolute atomic E-state index is 12.5. The molecule has 1 heterocycles. The van der Waals surface area contributed by atoms with Crippen LogP contribution in [0.1, 0.15) is 32.3 Å². The van der Waals surface area contributed by atoms with E-state index in [1.54, 1.807) is 4.90 Å². The van der Waals surface area contributed by atoms with E-state index in [0.29, 0.717) is 11.4 Å². The molecule has 1 aliphatic heterocycles. The summed E-state index contributed by atoms with van der Waals surface area (Å²) in [7, 11) is 0. The second-order valence-electron chi connectivity index (χ2n) is 5.62. The third kappa shape index (κ3) is 3.59. The summed E-state index contributed by atoms with van der Waals surface area (Å²) in [4.78, 5) is 28.0. The molecular weight excluding hydrogens is 280 g/mol. The molecule has 0 atom stereocenters. The summed E-state index contributed by atoms with van der Waals surface area (Å²) in [5, 5.41) is 0. The summed E-state index contributed by atoms with van der Waals surface area (Å²) in [6.07, 6.45) is 1.83. The number of carbonyl (C=O) groups excluding carboxylic acids is 2. The Morgan fingerprint density at radius 3 is 2.59 bits per heavy atom. The molecule has 0 spiro atoms. The van der Waals surface area contributed by atoms with Crippen LogP contribution in [0.15, 0.2) is 18.2 Å². The number of aryl methyl sites for hydroxylation is 1. The fourth-order valence-corrected chi connectivity index (χ4v) is 2.62. The van der Waals surface area contributed by atoms with Crippen LogP contribution in [-0.4, -0.2) is 43.0 Å². The highest BCUT2D eigenvalue weighted by Crippen LogP contribution is 2.32. The molecule has 5 heteroatoms. The molecule has 22 heavy (non-hydrogen) atoms. The number of hydrogen-bond donors (Lipinski definition) is 0. The van der Waals surface area contributed by atoms with Crippen LogP contribution >= 0.6 is 0 Å². The van der Waals surface area contributed by atoms with Crippen LogP contribution in [0.3, 0.4) is 0 Å². The van der Waals surface area contributed by atoms with Crippen LogP contribution in [0.2, 0.25) is 0 Å². The van der Waals surface area contributed by atoms with Crippen LogP contribution in [-0.2, 0) is 9.59 Å². The van der Waals surface area contributed by atoms with Gasteiger partial charge in [0.1, 0.15) is 12.3 Å². The molecule has 0 saturated carbocycles. The third-order valence-electron chi connectivity index (χ3n) is 3.69. The average molecular weight is 304 g/mol. The average Bonchev–Trinajstić information content (AvgIpc) is 2.49. The standard InChI is InChI=1S/C17H24N2O3/c1-4-8-18(9-5-2)16(20)11-19-14-7-6-13(3)10-15(14)22-12-17(19)21/h6-7,10H,4-5,8-9,11-12H2,1-3H3. The van der Waals surface area contributed by atoms with Gasteiger partial charge < -0.3 is 9.64 Å². The van der Waals surface area contributed by atoms with Gasteiger partial charge in [0.05, 0.1) is 5.69 Å². The Hall–Kier alpha value is -2.04. The zero-order chi connectivity index (χ0) is 16.1. The second kappa shape index (κ2) is 7.29. The van der Waals surface area contributed by atoms with E-state index in [1.807, 2.05) is 43.9 Å². The van der Waals surface area contributed by atoms with Crippen molar-refractivity contribution in [3.05, 3.63) is 23.8 Å². The Balaban J connectivity index is 2.18. The lowest BCUT2D eigenvalue weighted by Crippen LogP contribution is -2.46. The monoisotopic (exact) mass is 304 g/mol. The molecule has 120 valence electrons. The largest absolute Gasteiger partial charge is 0.482 e. The van der Waals surface area contributed by atoms with Gasteiger partial charge in [0.15, 0.2) is 6.61 Å². The topological polar surface area (TPSA) is 49.9 Å². The summed E-state index contributed by atoms with van der Waals surface area (Å²) in [5.74, 6) is 0.494. The van der Waals surface area contributed by atoms with Crippen LogP contribution in [0.25, 0.3) is 0 Å². The van der Waals surface area contributed by atoms with Gasteiger partial charge in [0.2, 0.25) is 5.91 Å². The van der Waals surface area contributed by atoms with Gasteiger partial charge in [-0.25, -0.2) is 0 Å². The number of amides is 2. The summed E-state index contributed by atoms with van der Waals surface area (Å²) < 4.78 is 5.47. The maximum Gasteiger partial charge on any atom is 0.265 e. The normalized spacial score (nSPS) is 13.6. The molecule has 2 rings (SSSR count). The number of hydrogen-bond acceptors (Lipinski definition) is 3. The van der Waals surface area contributed by atoms with Gasteiger partial charge in [-0.15, -0.1) is 0 Å². The minimum absolute atomic E-state index is 0.00864. The van der Waals surface area contributed by atoms with Gasteiger partial charge in [-0.3, -0.25) is 14.5 Å². The minimum atomic E-state index is -0.169. The van der Waals surface area contributed by atoms with Crippen LogP contribution in [0.4, 0.5) is 5.69 Å². The molecule has 1 aromatic carbocycles. The highest BCUT2D eigenvalue weighted by molar-refractivity contribution is 6.02. The first-order chi connectivity index (χ1) is 10.6. The smallest absolute Gasteiger partial charge is 0.265 e. The Morgan fingerprint density at radius 1 is 1.27 bits per heavy atom. The fourth-order valence-electron chi connectivity index (χ4n) is 2.62. The Kier molecular flexibility index (Phi) is 5.41. The quantitative estimate of drug-likeness (QED) is 0.810. The molecule has 0 radical (unpaired) electrons. The van der Waals surface area contributed by atoms with Crippen LogP contribution in [0, 0.1) is 6.92 Å². The highest BCUT2D eigenvalue weighted by atomic mass is 16.5. The van der Waals surface area contributed by atoms with E-state index in [9.17, 15) is 9.59 Å². The van der Waals surface area contributed by atoms with Gasteiger partial charge in [0, 0.05) is 13.1 Å². The Morgan fingerprint density at radius 2 is 1.95 bits per heavy atom. The Labute approximate surface area is 131 Å². The summed E-state index contributed by atoms with van der Waals surface area (Å²) >= 11 is 0. The molecule has 5 nitrogen and oxygen atoms in total. The molecule has 0 unspecified atom stereocenters. The van der Waals surface area contributed by atoms with E-state index in [0.717, 1.165) is 31.5 Å². The number of carbonyl (C=O) groups is 2. The molecule has 2 amide bonds. The van der Waals surface area contributed by atoms with Crippen molar-refractivity contribution in [2.45, 2.75) is 33.6 Å². The Bertz CT molecular complexity index is 551. The van der Waals surface area contributed by atoms with Crippen molar-refractivity contribution in [2.24, 2.45) is 0 Å². The van der Waals surface area contributed by atoms with Gasteiger partial charge in [-0.05, 0) is 37.5 Å². The summed E-state index contributed by atoms with van der Waals surface area (Å²) in [6.45, 7) is 7.60. The minimum Gasteiger partial charge on any atom is -0.482 e. The van der Waals surface area contributed by atoms with E-state index in [4.69, 9.17) is 4.74 Å². The van der Waals surface area contributed by atoms with E-state index < -0.39 is 0 Å². The number of benzene rings is 1. The number of rotatable bonds is 6. The van der Waals surface area contributed by atoms with E-state index in [1.165, 1.54) is 0 Å². The first-order valence-corrected chi connectivity index (χ1v) is 7.88. The highest BCUT2D eigenvalue weighted by Gasteiger charge is 2.28. The lowest BCUT2D eigenvalue weighted by molar-refractivity contribution is -0.132. The number of ether oxygens (including phenoxy) is 1. The fraction of sp³-hybridized carbons (Fsp3) is 0.529. The number of nitrogens with zero attached hydrogens (tertiary/aromatic N) is 2. The maximum atomic E-state index is 12.5. The first-order valence-electron chi connectivity index (χ1n) is 7.88. The lowest BCUT2D eigenvalue weighted by atomic mass is 10.1. The summed E-state index contributed by atoms with van der Waals surface area (Å²) in [6, 6.07) is 5.67. The predicted molar refractivity (Wildman–Crippen MR) is 86.2 cm³/mol. The molecular formula is C17H24N2O3. The third-order valence-corrected chi connectivity index (χ3v) is 3.69. The molecule has 0 aliphatic carbocycles. The van der Waals surface area contributed by atoms with Crippen molar-refractivity contribution < 1.29 is 14.3 Å². The molecule has 1 aliphatic rings. The van der Waals surface area contributed by atoms with Crippen molar-refractivity contribution >= 4 is 17.5 Å². The number of fused-ring (bicyclic) bond motifs is 1. The lowest BCUT2D eigenvalue weighted by Gasteiger charge is -2.31. The molecule has 0 N–H and O–H groups in total. The van der Waals surface area contributed by atoms with Gasteiger partial charge in [-0.1, -0.05) is 19.9 Å². The van der Waals surface area contributed by atoms with Crippen molar-refractivity contribution in [3.63, 3.8) is 0 Å². The zero-order valence-corrected chi connectivity index (χ0v) is 13.6. The van der Waals surface area contributed by atoms with Crippen molar-refractivity contribution in [1.82, 2.24) is 4.90 Å². The van der Waals surface area contributed by atoms with E-state index in [2.05, 4.69) is 0 Å². The molecule has 0 bridgehead atoms. The van der Waals surface area contributed by atoms with Gasteiger partial charge in [0.25, 0.3) is 5.91 Å². The van der Waals surface area contributed by atoms with Crippen LogP contribution < -0.4 is 9.64 Å².